The van der Waals surface area contributed by atoms with Crippen LogP contribution in [0.5, 0.6) is 0 Å². The third-order valence-corrected chi connectivity index (χ3v) is 2.79. The summed E-state index contributed by atoms with van der Waals surface area (Å²) >= 11 is 0. The van der Waals surface area contributed by atoms with Gasteiger partial charge in [-0.3, -0.25) is 4.79 Å². The number of carbonyl (C=O) groups excluding carboxylic acids is 1. The van der Waals surface area contributed by atoms with Crippen molar-refractivity contribution in [2.75, 3.05) is 26.4 Å². The predicted octanol–water partition coefficient (Wildman–Crippen LogP) is 1.74. The van der Waals surface area contributed by atoms with Crippen LogP contribution in [0.1, 0.15) is 35.3 Å². The van der Waals surface area contributed by atoms with Crippen molar-refractivity contribution in [1.82, 2.24) is 5.32 Å². The Labute approximate surface area is 126 Å². The van der Waals surface area contributed by atoms with Gasteiger partial charge in [0.2, 0.25) is 0 Å². The van der Waals surface area contributed by atoms with E-state index < -0.39 is 0 Å². The number of amides is 1. The number of carbonyl (C=O) groups is 1. The van der Waals surface area contributed by atoms with Gasteiger partial charge in [0.25, 0.3) is 5.91 Å². The van der Waals surface area contributed by atoms with Crippen LogP contribution in [0.2, 0.25) is 0 Å². The van der Waals surface area contributed by atoms with E-state index in [0.717, 1.165) is 11.1 Å². The van der Waals surface area contributed by atoms with E-state index in [0.29, 0.717) is 31.2 Å². The fourth-order valence-corrected chi connectivity index (χ4v) is 1.69. The van der Waals surface area contributed by atoms with Crippen molar-refractivity contribution in [3.8, 4) is 11.8 Å². The molecule has 0 saturated heterocycles. The fraction of sp³-hybridized carbons (Fsp3) is 0.471. The molecule has 0 aliphatic carbocycles. The molecule has 1 aromatic carbocycles. The first-order valence-corrected chi connectivity index (χ1v) is 7.11. The standard InChI is InChI=1S/C17H23NO3/c1-13(2)12-21-10-8-18-17(20)16-7-6-14(3)15(11-16)5-4-9-19/h6-7,11,13,19H,8-10,12H2,1-3H3,(H,18,20). The van der Waals surface area contributed by atoms with Crippen LogP contribution in [0.4, 0.5) is 0 Å². The Kier molecular flexibility index (Phi) is 7.52. The lowest BCUT2D eigenvalue weighted by atomic mass is 10.0. The van der Waals surface area contributed by atoms with E-state index in [2.05, 4.69) is 31.0 Å². The Balaban J connectivity index is 2.54. The summed E-state index contributed by atoms with van der Waals surface area (Å²) in [7, 11) is 0. The van der Waals surface area contributed by atoms with Crippen LogP contribution in [0.3, 0.4) is 0 Å². The molecule has 1 rings (SSSR count). The van der Waals surface area contributed by atoms with Gasteiger partial charge in [-0.2, -0.15) is 0 Å². The Hall–Kier alpha value is -1.83. The summed E-state index contributed by atoms with van der Waals surface area (Å²) in [4.78, 5) is 12.0. The maximum Gasteiger partial charge on any atom is 0.251 e. The number of hydrogen-bond acceptors (Lipinski definition) is 3. The highest BCUT2D eigenvalue weighted by Crippen LogP contribution is 2.10. The predicted molar refractivity (Wildman–Crippen MR) is 83.1 cm³/mol. The first kappa shape index (κ1) is 17.2. The molecular formula is C17H23NO3. The first-order valence-electron chi connectivity index (χ1n) is 7.11. The van der Waals surface area contributed by atoms with Crippen molar-refractivity contribution < 1.29 is 14.6 Å². The normalized spacial score (nSPS) is 10.1. The lowest BCUT2D eigenvalue weighted by Crippen LogP contribution is -2.27. The number of aryl methyl sites for hydroxylation is 1. The van der Waals surface area contributed by atoms with Gasteiger partial charge in [0.05, 0.1) is 6.61 Å². The molecule has 0 bridgehead atoms. The highest BCUT2D eigenvalue weighted by Gasteiger charge is 2.06. The van der Waals surface area contributed by atoms with Gasteiger partial charge >= 0.3 is 0 Å². The van der Waals surface area contributed by atoms with Gasteiger partial charge in [-0.1, -0.05) is 31.8 Å². The number of benzene rings is 1. The monoisotopic (exact) mass is 289 g/mol. The molecule has 0 unspecified atom stereocenters. The minimum Gasteiger partial charge on any atom is -0.384 e. The van der Waals surface area contributed by atoms with Crippen LogP contribution >= 0.6 is 0 Å². The minimum atomic E-state index is -0.191. The van der Waals surface area contributed by atoms with E-state index in [4.69, 9.17) is 9.84 Å². The molecule has 4 nitrogen and oxygen atoms in total. The molecule has 1 amide bonds. The van der Waals surface area contributed by atoms with Crippen LogP contribution < -0.4 is 5.32 Å². The third kappa shape index (κ3) is 6.44. The van der Waals surface area contributed by atoms with E-state index in [-0.39, 0.29) is 12.5 Å². The molecule has 0 heterocycles. The molecule has 0 fully saturated rings. The van der Waals surface area contributed by atoms with Crippen molar-refractivity contribution in [2.45, 2.75) is 20.8 Å². The van der Waals surface area contributed by atoms with E-state index in [1.807, 2.05) is 13.0 Å². The van der Waals surface area contributed by atoms with Gasteiger partial charge in [-0.15, -0.1) is 0 Å². The van der Waals surface area contributed by atoms with Gasteiger partial charge in [-0.25, -0.2) is 0 Å². The van der Waals surface area contributed by atoms with Gasteiger partial charge in [0.15, 0.2) is 0 Å². The van der Waals surface area contributed by atoms with E-state index in [1.54, 1.807) is 12.1 Å². The molecule has 1 aromatic rings. The zero-order valence-electron chi connectivity index (χ0n) is 12.9. The van der Waals surface area contributed by atoms with Gasteiger partial charge in [0.1, 0.15) is 6.61 Å². The maximum absolute atomic E-state index is 12.0. The summed E-state index contributed by atoms with van der Waals surface area (Å²) in [5, 5.41) is 11.5. The summed E-state index contributed by atoms with van der Waals surface area (Å²) < 4.78 is 5.41. The average molecular weight is 289 g/mol. The molecule has 2 N–H and O–H groups in total. The van der Waals surface area contributed by atoms with E-state index in [9.17, 15) is 4.79 Å². The lowest BCUT2D eigenvalue weighted by molar-refractivity contribution is 0.0886. The second-order valence-corrected chi connectivity index (χ2v) is 5.21. The van der Waals surface area contributed by atoms with E-state index >= 15 is 0 Å². The summed E-state index contributed by atoms with van der Waals surface area (Å²) in [5.41, 5.74) is 2.30. The second-order valence-electron chi connectivity index (χ2n) is 5.21. The van der Waals surface area contributed by atoms with Gasteiger partial charge in [-0.05, 0) is 30.5 Å². The largest absolute Gasteiger partial charge is 0.384 e. The van der Waals surface area contributed by atoms with Gasteiger partial charge < -0.3 is 15.2 Å². The average Bonchev–Trinajstić information content (AvgIpc) is 2.45. The number of hydrogen-bond donors (Lipinski definition) is 2. The SMILES string of the molecule is Cc1ccc(C(=O)NCCOCC(C)C)cc1C#CCO. The lowest BCUT2D eigenvalue weighted by Gasteiger charge is -2.09. The fourth-order valence-electron chi connectivity index (χ4n) is 1.69. The quantitative estimate of drug-likeness (QED) is 0.619. The Bertz CT molecular complexity index is 527. The Morgan fingerprint density at radius 1 is 1.43 bits per heavy atom. The number of aliphatic hydroxyl groups excluding tert-OH is 1. The number of ether oxygens (including phenoxy) is 1. The summed E-state index contributed by atoms with van der Waals surface area (Å²) in [6.45, 7) is 7.58. The molecule has 0 radical (unpaired) electrons. The number of nitrogens with one attached hydrogen (secondary N) is 1. The van der Waals surface area contributed by atoms with Crippen LogP contribution in [0, 0.1) is 24.7 Å². The zero-order chi connectivity index (χ0) is 15.7. The molecule has 4 heteroatoms. The molecule has 21 heavy (non-hydrogen) atoms. The molecule has 0 aliphatic heterocycles. The van der Waals surface area contributed by atoms with Crippen molar-refractivity contribution in [1.29, 1.82) is 0 Å². The summed E-state index contributed by atoms with van der Waals surface area (Å²) in [5.74, 6) is 5.79. The Morgan fingerprint density at radius 3 is 2.86 bits per heavy atom. The maximum atomic E-state index is 12.0. The summed E-state index contributed by atoms with van der Waals surface area (Å²) in [6.07, 6.45) is 0. The second kappa shape index (κ2) is 9.17. The third-order valence-electron chi connectivity index (χ3n) is 2.79. The number of rotatable bonds is 6. The van der Waals surface area contributed by atoms with E-state index in [1.165, 1.54) is 0 Å². The highest BCUT2D eigenvalue weighted by molar-refractivity contribution is 5.94. The van der Waals surface area contributed by atoms with Crippen LogP contribution in [-0.4, -0.2) is 37.4 Å². The van der Waals surface area contributed by atoms with Crippen LogP contribution in [0.25, 0.3) is 0 Å². The molecule has 0 spiro atoms. The molecule has 0 aliphatic rings. The highest BCUT2D eigenvalue weighted by atomic mass is 16.5. The van der Waals surface area contributed by atoms with Crippen molar-refractivity contribution in [2.24, 2.45) is 5.92 Å². The topological polar surface area (TPSA) is 58.6 Å². The molecule has 114 valence electrons. The Morgan fingerprint density at radius 2 is 2.19 bits per heavy atom. The van der Waals surface area contributed by atoms with Crippen molar-refractivity contribution in [3.63, 3.8) is 0 Å². The molecule has 0 atom stereocenters. The smallest absolute Gasteiger partial charge is 0.251 e. The van der Waals surface area contributed by atoms with Crippen LogP contribution in [-0.2, 0) is 4.74 Å². The minimum absolute atomic E-state index is 0.143. The number of aliphatic hydroxyl groups is 1. The zero-order valence-corrected chi connectivity index (χ0v) is 12.9. The van der Waals surface area contributed by atoms with Gasteiger partial charge in [0, 0.05) is 24.3 Å². The molecule has 0 aromatic heterocycles. The van der Waals surface area contributed by atoms with Crippen LogP contribution in [0.15, 0.2) is 18.2 Å². The molecular weight excluding hydrogens is 266 g/mol. The van der Waals surface area contributed by atoms with Crippen molar-refractivity contribution in [3.05, 3.63) is 34.9 Å². The molecule has 0 saturated carbocycles. The first-order chi connectivity index (χ1) is 10.0. The summed E-state index contributed by atoms with van der Waals surface area (Å²) in [6, 6.07) is 5.36. The van der Waals surface area contributed by atoms with Crippen molar-refractivity contribution >= 4 is 5.91 Å².